The van der Waals surface area contributed by atoms with E-state index in [1.807, 2.05) is 13.1 Å². The molecule has 1 unspecified atom stereocenters. The maximum absolute atomic E-state index is 11.5. The van der Waals surface area contributed by atoms with Crippen LogP contribution in [0.3, 0.4) is 0 Å². The molecule has 4 heteroatoms. The van der Waals surface area contributed by atoms with E-state index in [0.29, 0.717) is 26.1 Å². The standard InChI is InChI=1S/C12H14BrNO2/c1-2-9(15)3-8-6-16-7-11-10(8)4-14-5-12(11)13/h4-5,8H,2-3,6-7H2,1H3. The number of fused-ring (bicyclic) bond motifs is 1. The zero-order valence-corrected chi connectivity index (χ0v) is 10.8. The van der Waals surface area contributed by atoms with Gasteiger partial charge in [0.1, 0.15) is 5.78 Å². The second-order valence-corrected chi connectivity index (χ2v) is 4.85. The number of carbonyl (C=O) groups is 1. The van der Waals surface area contributed by atoms with Crippen LogP contribution in [0.15, 0.2) is 16.9 Å². The van der Waals surface area contributed by atoms with E-state index < -0.39 is 0 Å². The Morgan fingerprint density at radius 2 is 2.44 bits per heavy atom. The second-order valence-electron chi connectivity index (χ2n) is 4.00. The first-order chi connectivity index (χ1) is 7.72. The number of pyridine rings is 1. The van der Waals surface area contributed by atoms with Crippen molar-refractivity contribution in [1.29, 1.82) is 0 Å². The van der Waals surface area contributed by atoms with Crippen molar-refractivity contribution in [2.45, 2.75) is 32.3 Å². The zero-order valence-electron chi connectivity index (χ0n) is 9.20. The number of Topliss-reactive ketones (excluding diaryl/α,β-unsaturated/α-hetero) is 1. The molecule has 1 aliphatic heterocycles. The number of hydrogen-bond acceptors (Lipinski definition) is 3. The maximum atomic E-state index is 11.5. The Hall–Kier alpha value is -0.740. The molecule has 86 valence electrons. The molecule has 0 N–H and O–H groups in total. The van der Waals surface area contributed by atoms with Crippen LogP contribution < -0.4 is 0 Å². The average molecular weight is 284 g/mol. The molecule has 3 nitrogen and oxygen atoms in total. The van der Waals surface area contributed by atoms with Crippen LogP contribution in [0.25, 0.3) is 0 Å². The Kier molecular flexibility index (Phi) is 3.71. The van der Waals surface area contributed by atoms with Crippen LogP contribution in [0, 0.1) is 0 Å². The summed E-state index contributed by atoms with van der Waals surface area (Å²) in [5.74, 6) is 0.447. The van der Waals surface area contributed by atoms with Crippen molar-refractivity contribution in [2.75, 3.05) is 6.61 Å². The van der Waals surface area contributed by atoms with Gasteiger partial charge in [-0.25, -0.2) is 0 Å². The Bertz CT molecular complexity index is 406. The van der Waals surface area contributed by atoms with Crippen LogP contribution in [-0.4, -0.2) is 17.4 Å². The lowest BCUT2D eigenvalue weighted by Gasteiger charge is -2.25. The molecule has 0 saturated carbocycles. The third-order valence-electron chi connectivity index (χ3n) is 2.91. The average Bonchev–Trinajstić information content (AvgIpc) is 2.30. The summed E-state index contributed by atoms with van der Waals surface area (Å²) in [6, 6.07) is 0. The van der Waals surface area contributed by atoms with E-state index in [1.165, 1.54) is 0 Å². The molecular formula is C12H14BrNO2. The summed E-state index contributed by atoms with van der Waals surface area (Å²) < 4.78 is 6.50. The van der Waals surface area contributed by atoms with Crippen molar-refractivity contribution in [3.05, 3.63) is 28.0 Å². The van der Waals surface area contributed by atoms with E-state index in [2.05, 4.69) is 20.9 Å². The minimum atomic E-state index is 0.168. The summed E-state index contributed by atoms with van der Waals surface area (Å²) in [7, 11) is 0. The van der Waals surface area contributed by atoms with Gasteiger partial charge >= 0.3 is 0 Å². The van der Waals surface area contributed by atoms with Crippen molar-refractivity contribution in [2.24, 2.45) is 0 Å². The highest BCUT2D eigenvalue weighted by Gasteiger charge is 2.24. The molecule has 0 amide bonds. The van der Waals surface area contributed by atoms with Gasteiger partial charge in [0.2, 0.25) is 0 Å². The third kappa shape index (κ3) is 2.33. The van der Waals surface area contributed by atoms with E-state index in [9.17, 15) is 4.79 Å². The van der Waals surface area contributed by atoms with Crippen LogP contribution >= 0.6 is 15.9 Å². The number of nitrogens with zero attached hydrogens (tertiary/aromatic N) is 1. The molecule has 1 aromatic heterocycles. The molecular weight excluding hydrogens is 270 g/mol. The molecule has 1 aliphatic rings. The van der Waals surface area contributed by atoms with E-state index in [4.69, 9.17) is 4.74 Å². The summed E-state index contributed by atoms with van der Waals surface area (Å²) in [5, 5.41) is 0. The van der Waals surface area contributed by atoms with E-state index in [-0.39, 0.29) is 11.7 Å². The van der Waals surface area contributed by atoms with E-state index in [0.717, 1.165) is 15.6 Å². The summed E-state index contributed by atoms with van der Waals surface area (Å²) in [6.45, 7) is 3.12. The van der Waals surface area contributed by atoms with Crippen molar-refractivity contribution in [3.8, 4) is 0 Å². The van der Waals surface area contributed by atoms with Gasteiger partial charge in [-0.15, -0.1) is 0 Å². The second kappa shape index (κ2) is 5.06. The van der Waals surface area contributed by atoms with E-state index >= 15 is 0 Å². The lowest BCUT2D eigenvalue weighted by Crippen LogP contribution is -2.20. The fourth-order valence-corrected chi connectivity index (χ4v) is 2.42. The van der Waals surface area contributed by atoms with Crippen molar-refractivity contribution >= 4 is 21.7 Å². The first-order valence-corrected chi connectivity index (χ1v) is 6.23. The Morgan fingerprint density at radius 1 is 1.62 bits per heavy atom. The molecule has 0 saturated heterocycles. The van der Waals surface area contributed by atoms with Gasteiger partial charge in [0.05, 0.1) is 13.2 Å². The van der Waals surface area contributed by atoms with Gasteiger partial charge in [0, 0.05) is 35.6 Å². The number of ketones is 1. The minimum Gasteiger partial charge on any atom is -0.376 e. The van der Waals surface area contributed by atoms with Crippen molar-refractivity contribution in [1.82, 2.24) is 4.98 Å². The molecule has 0 radical (unpaired) electrons. The molecule has 1 atom stereocenters. The summed E-state index contributed by atoms with van der Waals surface area (Å²) in [6.07, 6.45) is 4.78. The zero-order chi connectivity index (χ0) is 11.5. The van der Waals surface area contributed by atoms with Gasteiger partial charge in [-0.1, -0.05) is 6.92 Å². The number of hydrogen-bond donors (Lipinski definition) is 0. The lowest BCUT2D eigenvalue weighted by atomic mass is 9.90. The number of carbonyl (C=O) groups excluding carboxylic acids is 1. The van der Waals surface area contributed by atoms with Gasteiger partial charge < -0.3 is 4.74 Å². The summed E-state index contributed by atoms with van der Waals surface area (Å²) in [5.41, 5.74) is 2.29. The molecule has 0 aromatic carbocycles. The Labute approximate surface area is 103 Å². The molecule has 2 heterocycles. The van der Waals surface area contributed by atoms with Crippen LogP contribution in [0.4, 0.5) is 0 Å². The predicted molar refractivity (Wildman–Crippen MR) is 64.2 cm³/mol. The van der Waals surface area contributed by atoms with Crippen molar-refractivity contribution in [3.63, 3.8) is 0 Å². The van der Waals surface area contributed by atoms with Gasteiger partial charge in [-0.05, 0) is 27.1 Å². The molecule has 0 fully saturated rings. The molecule has 1 aromatic rings. The topological polar surface area (TPSA) is 39.2 Å². The third-order valence-corrected chi connectivity index (χ3v) is 3.60. The highest BCUT2D eigenvalue weighted by atomic mass is 79.9. The fraction of sp³-hybridized carbons (Fsp3) is 0.500. The summed E-state index contributed by atoms with van der Waals surface area (Å²) in [4.78, 5) is 15.7. The monoisotopic (exact) mass is 283 g/mol. The Morgan fingerprint density at radius 3 is 3.19 bits per heavy atom. The number of rotatable bonds is 3. The van der Waals surface area contributed by atoms with Gasteiger partial charge in [0.15, 0.2) is 0 Å². The lowest BCUT2D eigenvalue weighted by molar-refractivity contribution is -0.119. The van der Waals surface area contributed by atoms with Gasteiger partial charge in [-0.3, -0.25) is 9.78 Å². The molecule has 0 spiro atoms. The molecule has 0 aliphatic carbocycles. The fourth-order valence-electron chi connectivity index (χ4n) is 1.96. The van der Waals surface area contributed by atoms with Crippen LogP contribution in [0.2, 0.25) is 0 Å². The van der Waals surface area contributed by atoms with Gasteiger partial charge in [-0.2, -0.15) is 0 Å². The van der Waals surface area contributed by atoms with Crippen LogP contribution in [-0.2, 0) is 16.1 Å². The summed E-state index contributed by atoms with van der Waals surface area (Å²) >= 11 is 3.47. The van der Waals surface area contributed by atoms with Gasteiger partial charge in [0.25, 0.3) is 0 Å². The first-order valence-electron chi connectivity index (χ1n) is 5.44. The maximum Gasteiger partial charge on any atom is 0.133 e. The largest absolute Gasteiger partial charge is 0.376 e. The minimum absolute atomic E-state index is 0.168. The quantitative estimate of drug-likeness (QED) is 0.856. The smallest absolute Gasteiger partial charge is 0.133 e. The highest BCUT2D eigenvalue weighted by Crippen LogP contribution is 2.32. The molecule has 0 bridgehead atoms. The van der Waals surface area contributed by atoms with Crippen molar-refractivity contribution < 1.29 is 9.53 Å². The molecule has 16 heavy (non-hydrogen) atoms. The highest BCUT2D eigenvalue weighted by molar-refractivity contribution is 9.10. The first kappa shape index (κ1) is 11.7. The normalized spacial score (nSPS) is 19.2. The SMILES string of the molecule is CCC(=O)CC1COCc2c(Br)cncc21. The number of ether oxygens (including phenoxy) is 1. The number of halogens is 1. The van der Waals surface area contributed by atoms with Crippen LogP contribution in [0.1, 0.15) is 36.8 Å². The van der Waals surface area contributed by atoms with E-state index in [1.54, 1.807) is 6.20 Å². The molecule has 2 rings (SSSR count). The predicted octanol–water partition coefficient (Wildman–Crippen LogP) is 2.83. The Balaban J connectivity index is 2.26. The van der Waals surface area contributed by atoms with Crippen LogP contribution in [0.5, 0.6) is 0 Å². The number of aromatic nitrogens is 1.